The van der Waals surface area contributed by atoms with Crippen LogP contribution in [0.5, 0.6) is 5.75 Å². The molecule has 0 atom stereocenters. The number of nitrogens with one attached hydrogen (secondary N) is 1. The minimum atomic E-state index is 0.842. The number of para-hydroxylation sites is 1. The molecule has 2 aromatic rings. The number of likely N-dealkylation sites (N-methyl/N-ethyl adjacent to an activating group) is 1. The van der Waals surface area contributed by atoms with Gasteiger partial charge in [0.05, 0.1) is 12.1 Å². The van der Waals surface area contributed by atoms with Crippen LogP contribution >= 0.6 is 11.3 Å². The van der Waals surface area contributed by atoms with Gasteiger partial charge in [-0.15, -0.1) is 11.3 Å². The Hall–Kier alpha value is -1.39. The fraction of sp³-hybridized carbons (Fsp3) is 0.357. The van der Waals surface area contributed by atoms with Crippen molar-refractivity contribution in [3.8, 4) is 5.75 Å². The molecule has 0 bridgehead atoms. The zero-order chi connectivity index (χ0) is 12.8. The first-order valence-corrected chi connectivity index (χ1v) is 6.85. The van der Waals surface area contributed by atoms with Gasteiger partial charge in [-0.2, -0.15) is 0 Å². The molecule has 1 aromatic heterocycles. The van der Waals surface area contributed by atoms with Gasteiger partial charge in [-0.25, -0.2) is 4.98 Å². The Morgan fingerprint density at radius 2 is 2.17 bits per heavy atom. The van der Waals surface area contributed by atoms with Crippen LogP contribution in [0.1, 0.15) is 15.4 Å². The lowest BCUT2D eigenvalue weighted by molar-refractivity contribution is 0.410. The Morgan fingerprint density at radius 1 is 1.33 bits per heavy atom. The minimum absolute atomic E-state index is 0.842. The number of benzene rings is 1. The lowest BCUT2D eigenvalue weighted by atomic mass is 10.1. The highest BCUT2D eigenvalue weighted by atomic mass is 32.1. The standard InChI is InChI=1S/C14H18N2OS/c1-15-8-7-12-10-16-14(18-12)9-11-5-3-4-6-13(11)17-2/h3-6,10,15H,7-9H2,1-2H3. The maximum absolute atomic E-state index is 5.36. The van der Waals surface area contributed by atoms with Gasteiger partial charge in [-0.1, -0.05) is 18.2 Å². The second kappa shape index (κ2) is 6.52. The summed E-state index contributed by atoms with van der Waals surface area (Å²) in [4.78, 5) is 5.80. The summed E-state index contributed by atoms with van der Waals surface area (Å²) in [5, 5.41) is 4.30. The van der Waals surface area contributed by atoms with Gasteiger partial charge < -0.3 is 10.1 Å². The predicted octanol–water partition coefficient (Wildman–Crippen LogP) is 2.50. The van der Waals surface area contributed by atoms with Crippen molar-refractivity contribution in [2.24, 2.45) is 0 Å². The van der Waals surface area contributed by atoms with Crippen LogP contribution in [0.15, 0.2) is 30.5 Å². The van der Waals surface area contributed by atoms with E-state index in [2.05, 4.69) is 16.4 Å². The Balaban J connectivity index is 2.06. The van der Waals surface area contributed by atoms with E-state index in [-0.39, 0.29) is 0 Å². The third-order valence-corrected chi connectivity index (χ3v) is 3.81. The van der Waals surface area contributed by atoms with Crippen molar-refractivity contribution in [3.05, 3.63) is 45.9 Å². The summed E-state index contributed by atoms with van der Waals surface area (Å²) in [6.07, 6.45) is 3.86. The molecule has 0 aliphatic heterocycles. The van der Waals surface area contributed by atoms with Gasteiger partial charge >= 0.3 is 0 Å². The van der Waals surface area contributed by atoms with Gasteiger partial charge in [0.25, 0.3) is 0 Å². The molecule has 1 aromatic carbocycles. The van der Waals surface area contributed by atoms with Crippen LogP contribution < -0.4 is 10.1 Å². The van der Waals surface area contributed by atoms with Gasteiger partial charge in [0, 0.05) is 23.1 Å². The number of hydrogen-bond donors (Lipinski definition) is 1. The highest BCUT2D eigenvalue weighted by Gasteiger charge is 2.06. The van der Waals surface area contributed by atoms with Crippen LogP contribution in [0, 0.1) is 0 Å². The van der Waals surface area contributed by atoms with E-state index in [0.717, 1.165) is 30.1 Å². The van der Waals surface area contributed by atoms with E-state index in [1.807, 2.05) is 31.4 Å². The summed E-state index contributed by atoms with van der Waals surface area (Å²) in [6.45, 7) is 0.996. The van der Waals surface area contributed by atoms with Gasteiger partial charge in [0.2, 0.25) is 0 Å². The highest BCUT2D eigenvalue weighted by molar-refractivity contribution is 7.11. The molecule has 96 valence electrons. The number of hydrogen-bond acceptors (Lipinski definition) is 4. The summed E-state index contributed by atoms with van der Waals surface area (Å²) in [7, 11) is 3.68. The van der Waals surface area contributed by atoms with Crippen LogP contribution in [0.4, 0.5) is 0 Å². The van der Waals surface area contributed by atoms with E-state index in [4.69, 9.17) is 4.74 Å². The third-order valence-electron chi connectivity index (χ3n) is 2.76. The zero-order valence-electron chi connectivity index (χ0n) is 10.8. The predicted molar refractivity (Wildman–Crippen MR) is 75.5 cm³/mol. The van der Waals surface area contributed by atoms with Gasteiger partial charge in [0.1, 0.15) is 5.75 Å². The van der Waals surface area contributed by atoms with Gasteiger partial charge in [-0.3, -0.25) is 0 Å². The number of methoxy groups -OCH3 is 1. The van der Waals surface area contributed by atoms with E-state index in [1.54, 1.807) is 18.4 Å². The van der Waals surface area contributed by atoms with Crippen LogP contribution in [-0.4, -0.2) is 25.7 Å². The number of thiazole rings is 1. The summed E-state index contributed by atoms with van der Waals surface area (Å²) >= 11 is 1.78. The molecule has 0 spiro atoms. The summed E-state index contributed by atoms with van der Waals surface area (Å²) in [5.41, 5.74) is 1.19. The molecule has 0 amide bonds. The largest absolute Gasteiger partial charge is 0.496 e. The molecule has 3 nitrogen and oxygen atoms in total. The number of ether oxygens (including phenoxy) is 1. The minimum Gasteiger partial charge on any atom is -0.496 e. The molecule has 0 aliphatic carbocycles. The van der Waals surface area contributed by atoms with Crippen molar-refractivity contribution < 1.29 is 4.74 Å². The molecule has 0 fully saturated rings. The van der Waals surface area contributed by atoms with E-state index in [0.29, 0.717) is 0 Å². The van der Waals surface area contributed by atoms with Crippen molar-refractivity contribution in [3.63, 3.8) is 0 Å². The number of rotatable bonds is 6. The normalized spacial score (nSPS) is 10.6. The molecule has 0 saturated carbocycles. The lowest BCUT2D eigenvalue weighted by Gasteiger charge is -2.05. The van der Waals surface area contributed by atoms with E-state index in [9.17, 15) is 0 Å². The molecule has 0 unspecified atom stereocenters. The molecule has 4 heteroatoms. The van der Waals surface area contributed by atoms with Crippen LogP contribution in [-0.2, 0) is 12.8 Å². The van der Waals surface area contributed by atoms with E-state index < -0.39 is 0 Å². The monoisotopic (exact) mass is 262 g/mol. The van der Waals surface area contributed by atoms with Crippen molar-refractivity contribution >= 4 is 11.3 Å². The molecule has 0 radical (unpaired) electrons. The Morgan fingerprint density at radius 3 is 2.94 bits per heavy atom. The maximum atomic E-state index is 5.36. The summed E-state index contributed by atoms with van der Waals surface area (Å²) < 4.78 is 5.36. The maximum Gasteiger partial charge on any atom is 0.122 e. The molecule has 2 rings (SSSR count). The third kappa shape index (κ3) is 3.31. The molecule has 0 aliphatic rings. The molecule has 1 heterocycles. The van der Waals surface area contributed by atoms with Gasteiger partial charge in [-0.05, 0) is 26.1 Å². The summed E-state index contributed by atoms with van der Waals surface area (Å²) in [5.74, 6) is 0.935. The number of nitrogens with zero attached hydrogens (tertiary/aromatic N) is 1. The topological polar surface area (TPSA) is 34.2 Å². The van der Waals surface area contributed by atoms with Crippen molar-refractivity contribution in [2.75, 3.05) is 20.7 Å². The average molecular weight is 262 g/mol. The Kier molecular flexibility index (Phi) is 4.73. The lowest BCUT2D eigenvalue weighted by Crippen LogP contribution is -2.09. The molecule has 18 heavy (non-hydrogen) atoms. The van der Waals surface area contributed by atoms with E-state index in [1.165, 1.54) is 10.4 Å². The molecule has 0 saturated heterocycles. The average Bonchev–Trinajstić information content (AvgIpc) is 2.84. The summed E-state index contributed by atoms with van der Waals surface area (Å²) in [6, 6.07) is 8.11. The van der Waals surface area contributed by atoms with Crippen LogP contribution in [0.3, 0.4) is 0 Å². The molecular formula is C14H18N2OS. The van der Waals surface area contributed by atoms with Crippen molar-refractivity contribution in [2.45, 2.75) is 12.8 Å². The SMILES string of the molecule is CNCCc1cnc(Cc2ccccc2OC)s1. The second-order valence-corrected chi connectivity index (χ2v) is 5.26. The van der Waals surface area contributed by atoms with Gasteiger partial charge in [0.15, 0.2) is 0 Å². The van der Waals surface area contributed by atoms with E-state index >= 15 is 0 Å². The van der Waals surface area contributed by atoms with Crippen LogP contribution in [0.25, 0.3) is 0 Å². The fourth-order valence-electron chi connectivity index (χ4n) is 1.81. The first-order valence-electron chi connectivity index (χ1n) is 6.03. The Labute approximate surface area is 112 Å². The van der Waals surface area contributed by atoms with Crippen LogP contribution in [0.2, 0.25) is 0 Å². The molecule has 1 N–H and O–H groups in total. The second-order valence-electron chi connectivity index (χ2n) is 4.06. The first-order chi connectivity index (χ1) is 8.83. The van der Waals surface area contributed by atoms with Crippen molar-refractivity contribution in [1.82, 2.24) is 10.3 Å². The highest BCUT2D eigenvalue weighted by Crippen LogP contribution is 2.23. The Bertz CT molecular complexity index is 496. The molecular weight excluding hydrogens is 244 g/mol. The first kappa shape index (κ1) is 13.1. The van der Waals surface area contributed by atoms with Crippen molar-refractivity contribution in [1.29, 1.82) is 0 Å². The zero-order valence-corrected chi connectivity index (χ0v) is 11.6. The quantitative estimate of drug-likeness (QED) is 0.868. The smallest absolute Gasteiger partial charge is 0.122 e. The number of aromatic nitrogens is 1. The fourth-order valence-corrected chi connectivity index (χ4v) is 2.75.